The highest BCUT2D eigenvalue weighted by Crippen LogP contribution is 2.18. The molecule has 26 heavy (non-hydrogen) atoms. The molecule has 136 valence electrons. The predicted molar refractivity (Wildman–Crippen MR) is 101 cm³/mol. The number of aromatic nitrogens is 1. The lowest BCUT2D eigenvalue weighted by molar-refractivity contribution is -0.120. The van der Waals surface area contributed by atoms with Crippen molar-refractivity contribution in [2.75, 3.05) is 19.6 Å². The molecule has 5 nitrogen and oxygen atoms in total. The summed E-state index contributed by atoms with van der Waals surface area (Å²) in [5.41, 5.74) is 2.85. The van der Waals surface area contributed by atoms with Crippen LogP contribution < -0.4 is 5.32 Å². The molecule has 2 amide bonds. The molecule has 0 bridgehead atoms. The Bertz CT molecular complexity index is 753. The van der Waals surface area contributed by atoms with Crippen molar-refractivity contribution in [3.63, 3.8) is 0 Å². The molecule has 1 aliphatic rings. The molecular formula is C21H25N3O2. The average Bonchev–Trinajstić information content (AvgIpc) is 2.69. The number of nitrogens with one attached hydrogen (secondary N) is 1. The highest BCUT2D eigenvalue weighted by Gasteiger charge is 2.24. The molecule has 1 N–H and O–H groups in total. The summed E-state index contributed by atoms with van der Waals surface area (Å²) in [7, 11) is 0. The van der Waals surface area contributed by atoms with Gasteiger partial charge in [-0.1, -0.05) is 24.3 Å². The van der Waals surface area contributed by atoms with E-state index >= 15 is 0 Å². The van der Waals surface area contributed by atoms with Crippen LogP contribution in [0.1, 0.15) is 34.3 Å². The number of likely N-dealkylation sites (tertiary alicyclic amines) is 1. The largest absolute Gasteiger partial charge is 0.356 e. The number of piperidine rings is 1. The highest BCUT2D eigenvalue weighted by molar-refractivity contribution is 5.93. The highest BCUT2D eigenvalue weighted by atomic mass is 16.2. The van der Waals surface area contributed by atoms with Crippen LogP contribution >= 0.6 is 0 Å². The first-order chi connectivity index (χ1) is 12.6. The fraction of sp³-hybridized carbons (Fsp3) is 0.381. The lowest BCUT2D eigenvalue weighted by Crippen LogP contribution is -2.41. The van der Waals surface area contributed by atoms with E-state index in [0.29, 0.717) is 24.4 Å². The number of carbonyl (C=O) groups is 2. The topological polar surface area (TPSA) is 62.3 Å². The predicted octanol–water partition coefficient (Wildman–Crippen LogP) is 2.60. The van der Waals surface area contributed by atoms with E-state index in [1.807, 2.05) is 36.1 Å². The van der Waals surface area contributed by atoms with Crippen LogP contribution in [0.25, 0.3) is 0 Å². The average molecular weight is 351 g/mol. The molecule has 1 saturated heterocycles. The van der Waals surface area contributed by atoms with Crippen molar-refractivity contribution in [3.05, 3.63) is 65.5 Å². The molecule has 1 fully saturated rings. The summed E-state index contributed by atoms with van der Waals surface area (Å²) in [5, 5.41) is 3.05. The fourth-order valence-corrected chi connectivity index (χ4v) is 3.31. The minimum Gasteiger partial charge on any atom is -0.356 e. The first-order valence-electron chi connectivity index (χ1n) is 9.14. The summed E-state index contributed by atoms with van der Waals surface area (Å²) >= 11 is 0. The number of hydrogen-bond donors (Lipinski definition) is 1. The van der Waals surface area contributed by atoms with Gasteiger partial charge < -0.3 is 10.2 Å². The van der Waals surface area contributed by atoms with Crippen LogP contribution in [0.15, 0.2) is 48.8 Å². The first-order valence-corrected chi connectivity index (χ1v) is 9.14. The van der Waals surface area contributed by atoms with Gasteiger partial charge in [-0.3, -0.25) is 14.6 Å². The number of carbonyl (C=O) groups excluding carboxylic acids is 2. The second-order valence-electron chi connectivity index (χ2n) is 6.88. The number of pyridine rings is 1. The van der Waals surface area contributed by atoms with Gasteiger partial charge in [0.2, 0.25) is 5.91 Å². The second-order valence-corrected chi connectivity index (χ2v) is 6.88. The van der Waals surface area contributed by atoms with Gasteiger partial charge in [0.25, 0.3) is 5.91 Å². The van der Waals surface area contributed by atoms with Gasteiger partial charge in [0.05, 0.1) is 12.0 Å². The molecular weight excluding hydrogens is 326 g/mol. The normalized spacial score (nSPS) is 14.9. The van der Waals surface area contributed by atoms with Crippen molar-refractivity contribution in [2.45, 2.75) is 26.2 Å². The van der Waals surface area contributed by atoms with Crippen LogP contribution in [-0.4, -0.2) is 41.3 Å². The third-order valence-electron chi connectivity index (χ3n) is 5.01. The van der Waals surface area contributed by atoms with Gasteiger partial charge in [-0.2, -0.15) is 0 Å². The lowest BCUT2D eigenvalue weighted by atomic mass is 9.96. The van der Waals surface area contributed by atoms with E-state index in [4.69, 9.17) is 0 Å². The Hall–Kier alpha value is -2.69. The Morgan fingerprint density at radius 3 is 2.62 bits per heavy atom. The molecule has 0 unspecified atom stereocenters. The summed E-state index contributed by atoms with van der Waals surface area (Å²) < 4.78 is 0. The zero-order chi connectivity index (χ0) is 18.4. The summed E-state index contributed by atoms with van der Waals surface area (Å²) in [5.74, 6) is 0.530. The number of amides is 2. The maximum absolute atomic E-state index is 12.4. The molecule has 0 radical (unpaired) electrons. The van der Waals surface area contributed by atoms with E-state index < -0.39 is 0 Å². The van der Waals surface area contributed by atoms with Gasteiger partial charge in [-0.05, 0) is 48.9 Å². The number of nitrogens with zero attached hydrogens (tertiary/aromatic N) is 2. The summed E-state index contributed by atoms with van der Waals surface area (Å²) in [6, 6.07) is 11.5. The molecule has 1 aromatic carbocycles. The van der Waals surface area contributed by atoms with Crippen molar-refractivity contribution < 1.29 is 9.59 Å². The zero-order valence-corrected chi connectivity index (χ0v) is 15.1. The third-order valence-corrected chi connectivity index (χ3v) is 5.01. The van der Waals surface area contributed by atoms with Crippen molar-refractivity contribution in [2.24, 2.45) is 5.92 Å². The Kier molecular flexibility index (Phi) is 6.00. The standard InChI is InChI=1S/C21H25N3O2/c1-16-5-2-3-6-18(16)13-20(25)23-14-17-8-11-24(12-9-17)21(26)19-7-4-10-22-15-19/h2-7,10,15,17H,8-9,11-14H2,1H3,(H,23,25). The van der Waals surface area contributed by atoms with Crippen LogP contribution in [-0.2, 0) is 11.2 Å². The maximum Gasteiger partial charge on any atom is 0.255 e. The quantitative estimate of drug-likeness (QED) is 0.901. The number of rotatable bonds is 5. The molecule has 0 saturated carbocycles. The Morgan fingerprint density at radius 2 is 1.92 bits per heavy atom. The summed E-state index contributed by atoms with van der Waals surface area (Å²) in [4.78, 5) is 30.5. The lowest BCUT2D eigenvalue weighted by Gasteiger charge is -2.32. The molecule has 0 aliphatic carbocycles. The zero-order valence-electron chi connectivity index (χ0n) is 15.1. The van der Waals surface area contributed by atoms with Crippen molar-refractivity contribution in [1.82, 2.24) is 15.2 Å². The van der Waals surface area contributed by atoms with Gasteiger partial charge in [0, 0.05) is 32.0 Å². The fourth-order valence-electron chi connectivity index (χ4n) is 3.31. The molecule has 2 aromatic rings. The van der Waals surface area contributed by atoms with E-state index in [1.54, 1.807) is 24.5 Å². The Labute approximate surface area is 154 Å². The van der Waals surface area contributed by atoms with Gasteiger partial charge in [0.15, 0.2) is 0 Å². The minimum atomic E-state index is 0.0418. The summed E-state index contributed by atoms with van der Waals surface area (Å²) in [6.07, 6.45) is 5.53. The van der Waals surface area contributed by atoms with Crippen molar-refractivity contribution in [3.8, 4) is 0 Å². The van der Waals surface area contributed by atoms with Crippen LogP contribution in [0, 0.1) is 12.8 Å². The van der Waals surface area contributed by atoms with Crippen LogP contribution in [0.5, 0.6) is 0 Å². The van der Waals surface area contributed by atoms with Gasteiger partial charge >= 0.3 is 0 Å². The van der Waals surface area contributed by atoms with E-state index in [2.05, 4.69) is 10.3 Å². The molecule has 5 heteroatoms. The van der Waals surface area contributed by atoms with E-state index in [0.717, 1.165) is 37.1 Å². The van der Waals surface area contributed by atoms with Crippen LogP contribution in [0.3, 0.4) is 0 Å². The van der Waals surface area contributed by atoms with Crippen molar-refractivity contribution in [1.29, 1.82) is 0 Å². The van der Waals surface area contributed by atoms with Gasteiger partial charge in [0.1, 0.15) is 0 Å². The number of benzene rings is 1. The third kappa shape index (κ3) is 4.69. The van der Waals surface area contributed by atoms with E-state index in [1.165, 1.54) is 0 Å². The Morgan fingerprint density at radius 1 is 1.15 bits per heavy atom. The smallest absolute Gasteiger partial charge is 0.255 e. The number of hydrogen-bond acceptors (Lipinski definition) is 3. The number of aryl methyl sites for hydroxylation is 1. The molecule has 0 spiro atoms. The monoisotopic (exact) mass is 351 g/mol. The molecule has 2 heterocycles. The molecule has 0 atom stereocenters. The molecule has 1 aliphatic heterocycles. The van der Waals surface area contributed by atoms with E-state index in [-0.39, 0.29) is 11.8 Å². The SMILES string of the molecule is Cc1ccccc1CC(=O)NCC1CCN(C(=O)c2cccnc2)CC1. The molecule has 1 aromatic heterocycles. The van der Waals surface area contributed by atoms with E-state index in [9.17, 15) is 9.59 Å². The van der Waals surface area contributed by atoms with Crippen LogP contribution in [0.2, 0.25) is 0 Å². The Balaban J connectivity index is 1.42. The van der Waals surface area contributed by atoms with Crippen LogP contribution in [0.4, 0.5) is 0 Å². The maximum atomic E-state index is 12.4. The second kappa shape index (κ2) is 8.61. The van der Waals surface area contributed by atoms with Gasteiger partial charge in [-0.15, -0.1) is 0 Å². The summed E-state index contributed by atoms with van der Waals surface area (Å²) in [6.45, 7) is 4.16. The minimum absolute atomic E-state index is 0.0418. The van der Waals surface area contributed by atoms with Gasteiger partial charge in [-0.25, -0.2) is 0 Å². The molecule has 3 rings (SSSR count). The first kappa shape index (κ1) is 18.1. The van der Waals surface area contributed by atoms with Crippen molar-refractivity contribution >= 4 is 11.8 Å².